The maximum Gasteiger partial charge on any atom is 0.227 e. The second kappa shape index (κ2) is 5.90. The molecule has 3 rings (SSSR count). The Kier molecular flexibility index (Phi) is 3.97. The van der Waals surface area contributed by atoms with Crippen molar-refractivity contribution in [1.82, 2.24) is 9.88 Å². The molecular formula is C17H23N3O. The molecule has 2 N–H and O–H groups in total. The highest BCUT2D eigenvalue weighted by atomic mass is 16.1. The lowest BCUT2D eigenvalue weighted by Crippen LogP contribution is -2.48. The van der Waals surface area contributed by atoms with E-state index in [1.54, 1.807) is 0 Å². The number of benzene rings is 1. The topological polar surface area (TPSA) is 46.1 Å². The van der Waals surface area contributed by atoms with Crippen molar-refractivity contribution in [2.24, 2.45) is 11.8 Å². The number of aryl methyl sites for hydroxylation is 1. The van der Waals surface area contributed by atoms with Crippen LogP contribution in [0, 0.1) is 11.8 Å². The number of carbonyl (C=O) groups excluding carboxylic acids is 1. The Morgan fingerprint density at radius 3 is 2.90 bits per heavy atom. The summed E-state index contributed by atoms with van der Waals surface area (Å²) in [7, 11) is 0. The number of amides is 1. The molecule has 0 radical (unpaired) electrons. The molecule has 112 valence electrons. The monoisotopic (exact) mass is 285 g/mol. The lowest BCUT2D eigenvalue weighted by atomic mass is 9.88. The Bertz CT molecular complexity index is 643. The highest BCUT2D eigenvalue weighted by Crippen LogP contribution is 2.23. The van der Waals surface area contributed by atoms with Gasteiger partial charge in [-0.25, -0.2) is 0 Å². The minimum Gasteiger partial charge on any atom is -0.347 e. The van der Waals surface area contributed by atoms with E-state index in [4.69, 9.17) is 0 Å². The molecule has 0 aliphatic carbocycles. The summed E-state index contributed by atoms with van der Waals surface area (Å²) < 4.78 is 2.24. The van der Waals surface area contributed by atoms with Gasteiger partial charge in [-0.05, 0) is 49.0 Å². The summed E-state index contributed by atoms with van der Waals surface area (Å²) >= 11 is 0. The van der Waals surface area contributed by atoms with E-state index in [2.05, 4.69) is 46.5 Å². The van der Waals surface area contributed by atoms with Gasteiger partial charge < -0.3 is 15.2 Å². The number of nitrogens with zero attached hydrogens (tertiary/aromatic N) is 1. The highest BCUT2D eigenvalue weighted by Gasteiger charge is 2.28. The lowest BCUT2D eigenvalue weighted by molar-refractivity contribution is -0.121. The zero-order valence-corrected chi connectivity index (χ0v) is 12.7. The predicted octanol–water partition coefficient (Wildman–Crippen LogP) is 2.85. The fraction of sp³-hybridized carbons (Fsp3) is 0.471. The van der Waals surface area contributed by atoms with Crippen LogP contribution in [0.25, 0.3) is 10.9 Å². The summed E-state index contributed by atoms with van der Waals surface area (Å²) in [5.74, 6) is 0.650. The predicted molar refractivity (Wildman–Crippen MR) is 86.4 cm³/mol. The zero-order valence-electron chi connectivity index (χ0n) is 12.7. The Hall–Kier alpha value is -1.81. The van der Waals surface area contributed by atoms with Gasteiger partial charge in [0.25, 0.3) is 0 Å². The van der Waals surface area contributed by atoms with Crippen molar-refractivity contribution in [1.29, 1.82) is 0 Å². The van der Waals surface area contributed by atoms with Gasteiger partial charge in [0, 0.05) is 24.3 Å². The molecule has 0 bridgehead atoms. The fourth-order valence-corrected chi connectivity index (χ4v) is 2.83. The van der Waals surface area contributed by atoms with Crippen LogP contribution in [0.1, 0.15) is 20.3 Å². The standard InChI is InChI=1S/C17H23N3O/c1-3-7-20-8-6-13-4-5-15(9-16(13)20)19-17(21)12(2)14-10-18-11-14/h4-6,8-9,12,14,18H,3,7,10-11H2,1-2H3,(H,19,21). The molecule has 1 aromatic heterocycles. The molecule has 1 atom stereocenters. The second-order valence-electron chi connectivity index (χ2n) is 5.98. The van der Waals surface area contributed by atoms with Gasteiger partial charge in [0.2, 0.25) is 5.91 Å². The van der Waals surface area contributed by atoms with E-state index < -0.39 is 0 Å². The Labute approximate surface area is 125 Å². The molecule has 4 heteroatoms. The van der Waals surface area contributed by atoms with Crippen molar-refractivity contribution in [3.05, 3.63) is 30.5 Å². The first-order chi connectivity index (χ1) is 10.2. The van der Waals surface area contributed by atoms with Gasteiger partial charge in [-0.15, -0.1) is 0 Å². The van der Waals surface area contributed by atoms with E-state index in [-0.39, 0.29) is 11.8 Å². The SMILES string of the molecule is CCCn1ccc2ccc(NC(=O)C(C)C3CNC3)cc21. The summed E-state index contributed by atoms with van der Waals surface area (Å²) in [5.41, 5.74) is 2.08. The Morgan fingerprint density at radius 1 is 1.43 bits per heavy atom. The number of anilines is 1. The van der Waals surface area contributed by atoms with Gasteiger partial charge in [0.05, 0.1) is 5.52 Å². The molecule has 2 aromatic rings. The van der Waals surface area contributed by atoms with Gasteiger partial charge in [-0.3, -0.25) is 4.79 Å². The van der Waals surface area contributed by atoms with Crippen LogP contribution in [0.2, 0.25) is 0 Å². The van der Waals surface area contributed by atoms with Crippen molar-refractivity contribution in [2.75, 3.05) is 18.4 Å². The number of fused-ring (bicyclic) bond motifs is 1. The summed E-state index contributed by atoms with van der Waals surface area (Å²) in [5, 5.41) is 7.50. The number of hydrogen-bond donors (Lipinski definition) is 2. The van der Waals surface area contributed by atoms with Crippen molar-refractivity contribution < 1.29 is 4.79 Å². The summed E-state index contributed by atoms with van der Waals surface area (Å²) in [4.78, 5) is 12.3. The summed E-state index contributed by atoms with van der Waals surface area (Å²) in [6.45, 7) is 7.09. The van der Waals surface area contributed by atoms with Crippen LogP contribution in [-0.2, 0) is 11.3 Å². The molecule has 1 aromatic carbocycles. The van der Waals surface area contributed by atoms with Gasteiger partial charge in [0.1, 0.15) is 0 Å². The van der Waals surface area contributed by atoms with Gasteiger partial charge in [-0.2, -0.15) is 0 Å². The van der Waals surface area contributed by atoms with Crippen LogP contribution in [0.3, 0.4) is 0 Å². The Morgan fingerprint density at radius 2 is 2.24 bits per heavy atom. The number of hydrogen-bond acceptors (Lipinski definition) is 2. The van der Waals surface area contributed by atoms with E-state index in [0.717, 1.165) is 31.7 Å². The minimum atomic E-state index is 0.0596. The molecule has 4 nitrogen and oxygen atoms in total. The molecule has 0 saturated carbocycles. The third-order valence-corrected chi connectivity index (χ3v) is 4.44. The third kappa shape index (κ3) is 2.81. The van der Waals surface area contributed by atoms with Crippen molar-refractivity contribution in [3.8, 4) is 0 Å². The van der Waals surface area contributed by atoms with Crippen LogP contribution in [0.5, 0.6) is 0 Å². The number of nitrogens with one attached hydrogen (secondary N) is 2. The molecule has 1 unspecified atom stereocenters. The van der Waals surface area contributed by atoms with Gasteiger partial charge >= 0.3 is 0 Å². The lowest BCUT2D eigenvalue weighted by Gasteiger charge is -2.31. The summed E-state index contributed by atoms with van der Waals surface area (Å²) in [6.07, 6.45) is 3.22. The van der Waals surface area contributed by atoms with Crippen LogP contribution in [0.4, 0.5) is 5.69 Å². The van der Waals surface area contributed by atoms with E-state index in [9.17, 15) is 4.79 Å². The first-order valence-corrected chi connectivity index (χ1v) is 7.79. The van der Waals surface area contributed by atoms with E-state index in [1.165, 1.54) is 10.9 Å². The normalized spacial score (nSPS) is 16.7. The first-order valence-electron chi connectivity index (χ1n) is 7.79. The van der Waals surface area contributed by atoms with Crippen molar-refractivity contribution in [3.63, 3.8) is 0 Å². The van der Waals surface area contributed by atoms with Gasteiger partial charge in [0.15, 0.2) is 0 Å². The van der Waals surface area contributed by atoms with E-state index in [1.807, 2.05) is 13.0 Å². The Balaban J connectivity index is 1.76. The smallest absolute Gasteiger partial charge is 0.227 e. The van der Waals surface area contributed by atoms with Crippen LogP contribution in [0.15, 0.2) is 30.5 Å². The first kappa shape index (κ1) is 14.1. The van der Waals surface area contributed by atoms with Crippen LogP contribution in [-0.4, -0.2) is 23.6 Å². The molecule has 1 aliphatic rings. The molecule has 1 fully saturated rings. The molecular weight excluding hydrogens is 262 g/mol. The highest BCUT2D eigenvalue weighted by molar-refractivity contribution is 5.95. The van der Waals surface area contributed by atoms with Gasteiger partial charge in [-0.1, -0.05) is 19.9 Å². The second-order valence-corrected chi connectivity index (χ2v) is 5.98. The quantitative estimate of drug-likeness (QED) is 0.887. The maximum absolute atomic E-state index is 12.3. The summed E-state index contributed by atoms with van der Waals surface area (Å²) in [6, 6.07) is 8.27. The largest absolute Gasteiger partial charge is 0.347 e. The van der Waals surface area contributed by atoms with Crippen molar-refractivity contribution in [2.45, 2.75) is 26.8 Å². The van der Waals surface area contributed by atoms with Crippen LogP contribution >= 0.6 is 0 Å². The number of rotatable bonds is 5. The van der Waals surface area contributed by atoms with E-state index >= 15 is 0 Å². The third-order valence-electron chi connectivity index (χ3n) is 4.44. The average Bonchev–Trinajstić information content (AvgIpc) is 2.80. The molecule has 1 amide bonds. The van der Waals surface area contributed by atoms with Crippen LogP contribution < -0.4 is 10.6 Å². The molecule has 1 aliphatic heterocycles. The van der Waals surface area contributed by atoms with Crippen molar-refractivity contribution >= 4 is 22.5 Å². The fourth-order valence-electron chi connectivity index (χ4n) is 2.83. The molecule has 21 heavy (non-hydrogen) atoms. The average molecular weight is 285 g/mol. The zero-order chi connectivity index (χ0) is 14.8. The minimum absolute atomic E-state index is 0.0596. The molecule has 2 heterocycles. The molecule has 1 saturated heterocycles. The number of aromatic nitrogens is 1. The van der Waals surface area contributed by atoms with E-state index in [0.29, 0.717) is 5.92 Å². The molecule has 0 spiro atoms. The number of carbonyl (C=O) groups is 1. The maximum atomic E-state index is 12.3.